The highest BCUT2D eigenvalue weighted by atomic mass is 16.5. The molecule has 4 nitrogen and oxygen atoms in total. The molecule has 0 aliphatic heterocycles. The molecule has 102 valence electrons. The van der Waals surface area contributed by atoms with Gasteiger partial charge < -0.3 is 9.84 Å². The highest BCUT2D eigenvalue weighted by molar-refractivity contribution is 5.91. The molecule has 0 amide bonds. The van der Waals surface area contributed by atoms with Gasteiger partial charge in [0.05, 0.1) is 18.4 Å². The average molecular weight is 269 g/mol. The van der Waals surface area contributed by atoms with Gasteiger partial charge in [0.25, 0.3) is 0 Å². The van der Waals surface area contributed by atoms with Gasteiger partial charge in [-0.15, -0.1) is 0 Å². The fraction of sp³-hybridized carbons (Fsp3) is 0.125. The third-order valence-corrected chi connectivity index (χ3v) is 2.80. The maximum atomic E-state index is 11.4. The predicted molar refractivity (Wildman–Crippen MR) is 77.9 cm³/mol. The lowest BCUT2D eigenvalue weighted by molar-refractivity contribution is 0.0601. The fourth-order valence-corrected chi connectivity index (χ4v) is 1.75. The van der Waals surface area contributed by atoms with Gasteiger partial charge in [-0.2, -0.15) is 0 Å². The van der Waals surface area contributed by atoms with Crippen molar-refractivity contribution in [1.29, 1.82) is 0 Å². The van der Waals surface area contributed by atoms with E-state index in [2.05, 4.69) is 9.73 Å². The lowest BCUT2D eigenvalue weighted by Crippen LogP contribution is -1.99. The van der Waals surface area contributed by atoms with Crippen molar-refractivity contribution in [3.8, 4) is 5.75 Å². The van der Waals surface area contributed by atoms with Gasteiger partial charge in [-0.3, -0.25) is 4.99 Å². The first-order valence-corrected chi connectivity index (χ1v) is 6.12. The molecular formula is C16H15NO3. The Hall–Kier alpha value is -2.62. The number of aryl methyl sites for hydroxylation is 1. The van der Waals surface area contributed by atoms with Gasteiger partial charge in [0.1, 0.15) is 5.75 Å². The highest BCUT2D eigenvalue weighted by Gasteiger charge is 2.05. The summed E-state index contributed by atoms with van der Waals surface area (Å²) in [6.07, 6.45) is 1.57. The monoisotopic (exact) mass is 269 g/mol. The zero-order chi connectivity index (χ0) is 14.5. The predicted octanol–water partition coefficient (Wildman–Crippen LogP) is 3.24. The molecule has 0 aromatic heterocycles. The van der Waals surface area contributed by atoms with Crippen molar-refractivity contribution >= 4 is 17.9 Å². The van der Waals surface area contributed by atoms with Gasteiger partial charge >= 0.3 is 5.97 Å². The van der Waals surface area contributed by atoms with Gasteiger partial charge in [-0.25, -0.2) is 4.79 Å². The van der Waals surface area contributed by atoms with E-state index >= 15 is 0 Å². The number of rotatable bonds is 3. The zero-order valence-electron chi connectivity index (χ0n) is 11.3. The first-order chi connectivity index (χ1) is 9.60. The largest absolute Gasteiger partial charge is 0.507 e. The van der Waals surface area contributed by atoms with Gasteiger partial charge in [-0.1, -0.05) is 17.7 Å². The van der Waals surface area contributed by atoms with E-state index in [0.717, 1.165) is 5.56 Å². The van der Waals surface area contributed by atoms with Crippen molar-refractivity contribution in [1.82, 2.24) is 0 Å². The molecule has 4 heteroatoms. The molecule has 0 heterocycles. The van der Waals surface area contributed by atoms with Crippen LogP contribution in [0.4, 0.5) is 5.69 Å². The molecule has 2 aromatic rings. The Balaban J connectivity index is 2.27. The maximum absolute atomic E-state index is 11.4. The minimum Gasteiger partial charge on any atom is -0.507 e. The van der Waals surface area contributed by atoms with Gasteiger partial charge in [-0.05, 0) is 37.3 Å². The fourth-order valence-electron chi connectivity index (χ4n) is 1.75. The van der Waals surface area contributed by atoms with E-state index in [4.69, 9.17) is 0 Å². The SMILES string of the molecule is COC(=O)c1cccc(N=Cc2cc(C)ccc2O)c1. The van der Waals surface area contributed by atoms with Crippen LogP contribution in [0, 0.1) is 6.92 Å². The smallest absolute Gasteiger partial charge is 0.337 e. The van der Waals surface area contributed by atoms with Crippen molar-refractivity contribution in [3.05, 3.63) is 59.2 Å². The minimum absolute atomic E-state index is 0.170. The van der Waals surface area contributed by atoms with Crippen molar-refractivity contribution in [2.75, 3.05) is 7.11 Å². The first-order valence-electron chi connectivity index (χ1n) is 6.12. The summed E-state index contributed by atoms with van der Waals surface area (Å²) in [5.74, 6) is -0.232. The number of hydrogen-bond acceptors (Lipinski definition) is 4. The molecule has 0 aliphatic carbocycles. The molecule has 0 saturated carbocycles. The van der Waals surface area contributed by atoms with Crippen LogP contribution in [0.3, 0.4) is 0 Å². The lowest BCUT2D eigenvalue weighted by atomic mass is 10.1. The number of hydrogen-bond donors (Lipinski definition) is 1. The number of aliphatic imine (C=N–C) groups is 1. The average Bonchev–Trinajstić information content (AvgIpc) is 2.47. The van der Waals surface area contributed by atoms with Crippen LogP contribution < -0.4 is 0 Å². The standard InChI is InChI=1S/C16H15NO3/c1-11-6-7-15(18)13(8-11)10-17-14-5-3-4-12(9-14)16(19)20-2/h3-10,18H,1-2H3. The van der Waals surface area contributed by atoms with Crippen LogP contribution in [0.1, 0.15) is 21.5 Å². The van der Waals surface area contributed by atoms with Crippen LogP contribution >= 0.6 is 0 Å². The van der Waals surface area contributed by atoms with E-state index in [9.17, 15) is 9.90 Å². The summed E-state index contributed by atoms with van der Waals surface area (Å²) in [4.78, 5) is 15.7. The Morgan fingerprint density at radius 2 is 2.05 bits per heavy atom. The van der Waals surface area contributed by atoms with Crippen LogP contribution in [0.2, 0.25) is 0 Å². The van der Waals surface area contributed by atoms with Crippen molar-refractivity contribution < 1.29 is 14.6 Å². The maximum Gasteiger partial charge on any atom is 0.337 e. The highest BCUT2D eigenvalue weighted by Crippen LogP contribution is 2.19. The summed E-state index contributed by atoms with van der Waals surface area (Å²) in [5.41, 5.74) is 2.73. The van der Waals surface area contributed by atoms with E-state index in [0.29, 0.717) is 16.8 Å². The van der Waals surface area contributed by atoms with Crippen molar-refractivity contribution in [2.45, 2.75) is 6.92 Å². The number of carbonyl (C=O) groups excluding carboxylic acids is 1. The van der Waals surface area contributed by atoms with E-state index in [1.807, 2.05) is 19.1 Å². The number of benzene rings is 2. The summed E-state index contributed by atoms with van der Waals surface area (Å²) in [7, 11) is 1.34. The van der Waals surface area contributed by atoms with Gasteiger partial charge in [0.15, 0.2) is 0 Å². The molecule has 0 atom stereocenters. The lowest BCUT2D eigenvalue weighted by Gasteiger charge is -2.01. The normalized spacial score (nSPS) is 10.7. The molecule has 2 rings (SSSR count). The summed E-state index contributed by atoms with van der Waals surface area (Å²) >= 11 is 0. The molecule has 0 fully saturated rings. The summed E-state index contributed by atoms with van der Waals surface area (Å²) in [6, 6.07) is 12.1. The second kappa shape index (κ2) is 6.02. The molecule has 1 N–H and O–H groups in total. The number of phenols is 1. The Bertz CT molecular complexity index is 663. The molecule has 20 heavy (non-hydrogen) atoms. The molecular weight excluding hydrogens is 254 g/mol. The minimum atomic E-state index is -0.402. The Kier molecular flexibility index (Phi) is 4.15. The van der Waals surface area contributed by atoms with Crippen LogP contribution in [0.15, 0.2) is 47.5 Å². The van der Waals surface area contributed by atoms with Gasteiger partial charge in [0, 0.05) is 11.8 Å². The van der Waals surface area contributed by atoms with Crippen LogP contribution in [-0.4, -0.2) is 24.4 Å². The number of phenolic OH excluding ortho intramolecular Hbond substituents is 1. The van der Waals surface area contributed by atoms with Gasteiger partial charge in [0.2, 0.25) is 0 Å². The first kappa shape index (κ1) is 13.8. The molecule has 0 bridgehead atoms. The third-order valence-electron chi connectivity index (χ3n) is 2.80. The molecule has 0 radical (unpaired) electrons. The quantitative estimate of drug-likeness (QED) is 0.687. The summed E-state index contributed by atoms with van der Waals surface area (Å²) < 4.78 is 4.66. The van der Waals surface area contributed by atoms with E-state index < -0.39 is 5.97 Å². The number of carbonyl (C=O) groups is 1. The van der Waals surface area contributed by atoms with Crippen LogP contribution in [0.5, 0.6) is 5.75 Å². The molecule has 0 aliphatic rings. The third kappa shape index (κ3) is 3.23. The molecule has 0 saturated heterocycles. The Labute approximate surface area is 117 Å². The summed E-state index contributed by atoms with van der Waals surface area (Å²) in [6.45, 7) is 1.94. The van der Waals surface area contributed by atoms with Crippen LogP contribution in [-0.2, 0) is 4.74 Å². The second-order valence-electron chi connectivity index (χ2n) is 4.36. The number of ether oxygens (including phenoxy) is 1. The van der Waals surface area contributed by atoms with Crippen molar-refractivity contribution in [2.24, 2.45) is 4.99 Å². The van der Waals surface area contributed by atoms with E-state index in [1.54, 1.807) is 36.5 Å². The zero-order valence-corrected chi connectivity index (χ0v) is 11.3. The molecule has 0 spiro atoms. The summed E-state index contributed by atoms with van der Waals surface area (Å²) in [5, 5.41) is 9.73. The number of nitrogens with zero attached hydrogens (tertiary/aromatic N) is 1. The van der Waals surface area contributed by atoms with E-state index in [-0.39, 0.29) is 5.75 Å². The van der Waals surface area contributed by atoms with Crippen molar-refractivity contribution in [3.63, 3.8) is 0 Å². The topological polar surface area (TPSA) is 58.9 Å². The van der Waals surface area contributed by atoms with E-state index in [1.165, 1.54) is 7.11 Å². The second-order valence-corrected chi connectivity index (χ2v) is 4.36. The number of aromatic hydroxyl groups is 1. The Morgan fingerprint density at radius 1 is 1.25 bits per heavy atom. The number of esters is 1. The number of methoxy groups -OCH3 is 1. The van der Waals surface area contributed by atoms with Crippen LogP contribution in [0.25, 0.3) is 0 Å². The Morgan fingerprint density at radius 3 is 2.80 bits per heavy atom. The molecule has 2 aromatic carbocycles. The molecule has 0 unspecified atom stereocenters.